The van der Waals surface area contributed by atoms with Crippen LogP contribution in [0.15, 0.2) is 12.1 Å². The number of nitrogens with one attached hydrogen (secondary N) is 1. The van der Waals surface area contributed by atoms with Crippen molar-refractivity contribution in [1.82, 2.24) is 0 Å². The number of carboxylic acid groups (broad SMARTS) is 1. The molecule has 1 aromatic carbocycles. The number of nitro benzene ring substituents is 1. The third kappa shape index (κ3) is 4.23. The molecule has 0 aromatic heterocycles. The first-order valence-corrected chi connectivity index (χ1v) is 9.70. The molecule has 0 fully saturated rings. The van der Waals surface area contributed by atoms with E-state index in [-0.39, 0.29) is 17.1 Å². The number of rotatable bonds is 5. The van der Waals surface area contributed by atoms with Crippen molar-refractivity contribution in [3.05, 3.63) is 27.8 Å². The number of nitro groups is 1. The fourth-order valence-corrected chi connectivity index (χ4v) is 3.30. The van der Waals surface area contributed by atoms with Gasteiger partial charge in [0.2, 0.25) is 0 Å². The Morgan fingerprint density at radius 2 is 2.05 bits per heavy atom. The van der Waals surface area contributed by atoms with Gasteiger partial charge in [0.05, 0.1) is 17.7 Å². The van der Waals surface area contributed by atoms with E-state index in [0.29, 0.717) is 11.6 Å². The van der Waals surface area contributed by atoms with Crippen LogP contribution in [0.25, 0.3) is 0 Å². The predicted octanol–water partition coefficient (Wildman–Crippen LogP) is 3.11. The molecule has 20 heavy (non-hydrogen) atoms. The molecular formula is C12H18N2O5Si. The maximum absolute atomic E-state index is 11.2. The third-order valence-corrected chi connectivity index (χ3v) is 4.00. The fourth-order valence-electron chi connectivity index (χ4n) is 1.88. The lowest BCUT2D eigenvalue weighted by Crippen LogP contribution is -2.24. The van der Waals surface area contributed by atoms with Gasteiger partial charge in [-0.2, -0.15) is 0 Å². The lowest BCUT2D eigenvalue weighted by atomic mass is 10.1. The average molecular weight is 298 g/mol. The molecule has 0 atom stereocenters. The van der Waals surface area contributed by atoms with E-state index in [4.69, 9.17) is 9.84 Å². The Kier molecular flexibility index (Phi) is 4.72. The van der Waals surface area contributed by atoms with Crippen LogP contribution in [-0.2, 0) is 6.04 Å². The number of carbonyl (C=O) groups is 1. The Bertz CT molecular complexity index is 539. The molecule has 8 heteroatoms. The van der Waals surface area contributed by atoms with E-state index >= 15 is 0 Å². The molecule has 0 aliphatic heterocycles. The van der Waals surface area contributed by atoms with E-state index in [0.717, 1.165) is 0 Å². The molecule has 0 aliphatic rings. The minimum Gasteiger partial charge on any atom is -0.495 e. The van der Waals surface area contributed by atoms with Crippen LogP contribution < -0.4 is 10.1 Å². The standard InChI is InChI=1S/C12H18N2O5Si/c1-19-11-5-8(7-20(2,3)4)10(14(17)18)6-9(11)13-12(15)16/h5-6,13H,7H2,1-4H3,(H,15,16). The number of methoxy groups -OCH3 is 1. The molecule has 1 rings (SSSR count). The summed E-state index contributed by atoms with van der Waals surface area (Å²) in [6.45, 7) is 6.31. The van der Waals surface area contributed by atoms with E-state index in [9.17, 15) is 14.9 Å². The summed E-state index contributed by atoms with van der Waals surface area (Å²) in [5.74, 6) is 0.284. The summed E-state index contributed by atoms with van der Waals surface area (Å²) in [7, 11) is -0.162. The predicted molar refractivity (Wildman–Crippen MR) is 78.3 cm³/mol. The van der Waals surface area contributed by atoms with Gasteiger partial charge in [-0.25, -0.2) is 4.79 Å². The second kappa shape index (κ2) is 5.91. The van der Waals surface area contributed by atoms with Crippen molar-refractivity contribution in [1.29, 1.82) is 0 Å². The minimum absolute atomic E-state index is 0.0750. The number of nitrogens with zero attached hydrogens (tertiary/aromatic N) is 1. The first-order chi connectivity index (χ1) is 9.14. The monoisotopic (exact) mass is 298 g/mol. The zero-order valence-electron chi connectivity index (χ0n) is 11.9. The highest BCUT2D eigenvalue weighted by atomic mass is 28.3. The van der Waals surface area contributed by atoms with Gasteiger partial charge in [0, 0.05) is 19.7 Å². The van der Waals surface area contributed by atoms with E-state index in [2.05, 4.69) is 25.0 Å². The van der Waals surface area contributed by atoms with Gasteiger partial charge in [-0.3, -0.25) is 15.4 Å². The third-order valence-electron chi connectivity index (χ3n) is 2.56. The van der Waals surface area contributed by atoms with Gasteiger partial charge in [-0.15, -0.1) is 0 Å². The Balaban J connectivity index is 3.37. The van der Waals surface area contributed by atoms with E-state index < -0.39 is 19.1 Å². The number of benzene rings is 1. The Hall–Kier alpha value is -2.09. The van der Waals surface area contributed by atoms with E-state index in [1.807, 2.05) is 0 Å². The zero-order valence-corrected chi connectivity index (χ0v) is 12.9. The second-order valence-electron chi connectivity index (χ2n) is 5.61. The summed E-state index contributed by atoms with van der Waals surface area (Å²) >= 11 is 0. The summed E-state index contributed by atoms with van der Waals surface area (Å²) in [4.78, 5) is 21.4. The van der Waals surface area contributed by atoms with Crippen molar-refractivity contribution in [3.8, 4) is 5.75 Å². The molecule has 0 radical (unpaired) electrons. The summed E-state index contributed by atoms with van der Waals surface area (Å²) in [5, 5.41) is 22.0. The Labute approximate surface area is 117 Å². The molecule has 1 amide bonds. The molecule has 1 aromatic rings. The smallest absolute Gasteiger partial charge is 0.409 e. The highest BCUT2D eigenvalue weighted by Crippen LogP contribution is 2.34. The summed E-state index contributed by atoms with van der Waals surface area (Å²) < 4.78 is 5.10. The molecule has 7 nitrogen and oxygen atoms in total. The number of anilines is 1. The number of amides is 1. The SMILES string of the molecule is COc1cc(C[Si](C)(C)C)c([N+](=O)[O-])cc1NC(=O)O. The van der Waals surface area contributed by atoms with Gasteiger partial charge in [-0.05, 0) is 12.1 Å². The molecule has 0 unspecified atom stereocenters. The maximum Gasteiger partial charge on any atom is 0.409 e. The van der Waals surface area contributed by atoms with Crippen molar-refractivity contribution >= 4 is 25.5 Å². The molecule has 110 valence electrons. The zero-order chi connectivity index (χ0) is 15.5. The van der Waals surface area contributed by atoms with Crippen LogP contribution in [0.2, 0.25) is 19.6 Å². The molecule has 2 N–H and O–H groups in total. The van der Waals surface area contributed by atoms with Gasteiger partial charge >= 0.3 is 6.09 Å². The Morgan fingerprint density at radius 1 is 1.45 bits per heavy atom. The number of hydrogen-bond donors (Lipinski definition) is 2. The van der Waals surface area contributed by atoms with Crippen LogP contribution in [-0.4, -0.2) is 31.3 Å². The summed E-state index contributed by atoms with van der Waals surface area (Å²) in [6, 6.07) is 3.37. The van der Waals surface area contributed by atoms with Crippen molar-refractivity contribution in [2.75, 3.05) is 12.4 Å². The first kappa shape index (κ1) is 16.0. The van der Waals surface area contributed by atoms with Crippen molar-refractivity contribution in [3.63, 3.8) is 0 Å². The van der Waals surface area contributed by atoms with Gasteiger partial charge in [-0.1, -0.05) is 19.6 Å². The van der Waals surface area contributed by atoms with Crippen molar-refractivity contribution < 1.29 is 19.6 Å². The highest BCUT2D eigenvalue weighted by Gasteiger charge is 2.24. The van der Waals surface area contributed by atoms with Crippen LogP contribution in [0.3, 0.4) is 0 Å². The van der Waals surface area contributed by atoms with Crippen molar-refractivity contribution in [2.24, 2.45) is 0 Å². The van der Waals surface area contributed by atoms with Gasteiger partial charge in [0.25, 0.3) is 5.69 Å². The average Bonchev–Trinajstić information content (AvgIpc) is 2.27. The molecule has 0 saturated heterocycles. The maximum atomic E-state index is 11.2. The topological polar surface area (TPSA) is 102 Å². The lowest BCUT2D eigenvalue weighted by molar-refractivity contribution is -0.385. The van der Waals surface area contributed by atoms with Gasteiger partial charge in [0.15, 0.2) is 0 Å². The largest absolute Gasteiger partial charge is 0.495 e. The lowest BCUT2D eigenvalue weighted by Gasteiger charge is -2.17. The second-order valence-corrected chi connectivity index (χ2v) is 11.1. The van der Waals surface area contributed by atoms with Gasteiger partial charge in [0.1, 0.15) is 5.75 Å². The quantitative estimate of drug-likeness (QED) is 0.494. The van der Waals surface area contributed by atoms with Crippen molar-refractivity contribution in [2.45, 2.75) is 25.7 Å². The van der Waals surface area contributed by atoms with E-state index in [1.54, 1.807) is 6.07 Å². The molecule has 0 aliphatic carbocycles. The van der Waals surface area contributed by atoms with Crippen LogP contribution in [0, 0.1) is 10.1 Å². The normalized spacial score (nSPS) is 11.0. The van der Waals surface area contributed by atoms with Gasteiger partial charge < -0.3 is 9.84 Å². The molecule has 0 heterocycles. The molecule has 0 bridgehead atoms. The number of ether oxygens (including phenoxy) is 1. The molecular weight excluding hydrogens is 280 g/mol. The fraction of sp³-hybridized carbons (Fsp3) is 0.417. The van der Waals surface area contributed by atoms with Crippen LogP contribution in [0.5, 0.6) is 5.75 Å². The summed E-state index contributed by atoms with van der Waals surface area (Å²) in [6.07, 6.45) is -1.30. The highest BCUT2D eigenvalue weighted by molar-refractivity contribution is 6.75. The Morgan fingerprint density at radius 3 is 2.45 bits per heavy atom. The summed E-state index contributed by atoms with van der Waals surface area (Å²) in [5.41, 5.74) is 0.560. The molecule has 0 spiro atoms. The first-order valence-electron chi connectivity index (χ1n) is 5.99. The molecule has 0 saturated carbocycles. The van der Waals surface area contributed by atoms with Crippen LogP contribution >= 0.6 is 0 Å². The van der Waals surface area contributed by atoms with E-state index in [1.165, 1.54) is 13.2 Å². The van der Waals surface area contributed by atoms with Crippen LogP contribution in [0.4, 0.5) is 16.2 Å². The number of hydrogen-bond acceptors (Lipinski definition) is 4. The van der Waals surface area contributed by atoms with Crippen LogP contribution in [0.1, 0.15) is 5.56 Å². The minimum atomic E-state index is -1.56.